The van der Waals surface area contributed by atoms with Gasteiger partial charge in [-0.1, -0.05) is 25.1 Å². The Morgan fingerprint density at radius 3 is 2.60 bits per heavy atom. The summed E-state index contributed by atoms with van der Waals surface area (Å²) in [5, 5.41) is 0. The molecule has 1 heterocycles. The van der Waals surface area contributed by atoms with Crippen molar-refractivity contribution in [3.8, 4) is 5.75 Å². The lowest BCUT2D eigenvalue weighted by Crippen LogP contribution is -2.07. The Hall–Kier alpha value is -2.16. The Morgan fingerprint density at radius 2 is 1.95 bits per heavy atom. The predicted molar refractivity (Wildman–Crippen MR) is 79.3 cm³/mol. The molecule has 0 N–H and O–H groups in total. The molecule has 0 saturated heterocycles. The Bertz CT molecular complexity index is 576. The highest BCUT2D eigenvalue weighted by Gasteiger charge is 2.11. The van der Waals surface area contributed by atoms with Crippen LogP contribution in [0.3, 0.4) is 0 Å². The number of carbonyl (C=O) groups excluding carboxylic acids is 1. The van der Waals surface area contributed by atoms with Gasteiger partial charge >= 0.3 is 0 Å². The first-order chi connectivity index (χ1) is 9.74. The average molecular weight is 269 g/mol. The van der Waals surface area contributed by atoms with Gasteiger partial charge in [0.05, 0.1) is 7.11 Å². The van der Waals surface area contributed by atoms with E-state index in [1.807, 2.05) is 43.3 Å². The Balaban J connectivity index is 2.01. The molecule has 0 bridgehead atoms. The molecule has 0 aliphatic carbocycles. The van der Waals surface area contributed by atoms with Gasteiger partial charge in [-0.2, -0.15) is 0 Å². The van der Waals surface area contributed by atoms with Crippen molar-refractivity contribution in [2.24, 2.45) is 0 Å². The molecule has 0 atom stereocenters. The van der Waals surface area contributed by atoms with Crippen molar-refractivity contribution in [1.29, 1.82) is 0 Å². The zero-order valence-electron chi connectivity index (χ0n) is 11.9. The molecule has 3 nitrogen and oxygen atoms in total. The summed E-state index contributed by atoms with van der Waals surface area (Å²) in [6, 6.07) is 11.7. The molecule has 0 unspecified atom stereocenters. The molecule has 0 amide bonds. The summed E-state index contributed by atoms with van der Waals surface area (Å²) < 4.78 is 5.12. The number of carbonyl (C=O) groups is 1. The van der Waals surface area contributed by atoms with Crippen molar-refractivity contribution in [3.05, 3.63) is 59.4 Å². The minimum atomic E-state index is 0.110. The second-order valence-corrected chi connectivity index (χ2v) is 4.64. The molecule has 1 aromatic carbocycles. The number of aryl methyl sites for hydroxylation is 2. The van der Waals surface area contributed by atoms with Crippen LogP contribution in [0.15, 0.2) is 42.6 Å². The first kappa shape index (κ1) is 14.3. The molecule has 1 aromatic heterocycles. The normalized spacial score (nSPS) is 10.3. The van der Waals surface area contributed by atoms with E-state index >= 15 is 0 Å². The van der Waals surface area contributed by atoms with Crippen LogP contribution >= 0.6 is 0 Å². The summed E-state index contributed by atoms with van der Waals surface area (Å²) in [6.07, 6.45) is 3.72. The second-order valence-electron chi connectivity index (χ2n) is 4.64. The number of ketones is 1. The largest absolute Gasteiger partial charge is 0.497 e. The van der Waals surface area contributed by atoms with Crippen LogP contribution in [0, 0.1) is 0 Å². The number of ether oxygens (including phenoxy) is 1. The Kier molecular flexibility index (Phi) is 4.88. The van der Waals surface area contributed by atoms with Gasteiger partial charge in [-0.25, -0.2) is 0 Å². The molecule has 2 rings (SSSR count). The van der Waals surface area contributed by atoms with Crippen LogP contribution in [-0.2, 0) is 12.8 Å². The number of hydrogen-bond acceptors (Lipinski definition) is 3. The molecular formula is C17H19NO2. The van der Waals surface area contributed by atoms with Crippen molar-refractivity contribution < 1.29 is 9.53 Å². The van der Waals surface area contributed by atoms with Gasteiger partial charge < -0.3 is 4.74 Å². The van der Waals surface area contributed by atoms with E-state index in [-0.39, 0.29) is 5.78 Å². The van der Waals surface area contributed by atoms with E-state index in [9.17, 15) is 4.79 Å². The van der Waals surface area contributed by atoms with Crippen molar-refractivity contribution in [2.45, 2.75) is 26.2 Å². The highest BCUT2D eigenvalue weighted by atomic mass is 16.5. The van der Waals surface area contributed by atoms with E-state index in [2.05, 4.69) is 4.98 Å². The van der Waals surface area contributed by atoms with Gasteiger partial charge in [0, 0.05) is 12.6 Å². The fourth-order valence-corrected chi connectivity index (χ4v) is 2.14. The number of Topliss-reactive ketones (excluding diaryl/α,β-unsaturated/α-hetero) is 1. The molecule has 0 radical (unpaired) electrons. The topological polar surface area (TPSA) is 39.2 Å². The lowest BCUT2D eigenvalue weighted by atomic mass is 10.0. The summed E-state index contributed by atoms with van der Waals surface area (Å²) >= 11 is 0. The lowest BCUT2D eigenvalue weighted by Gasteiger charge is -2.06. The standard InChI is InChI=1S/C17H19NO2/c1-3-14-5-4-12-18-17(14)16(19)11-8-13-6-9-15(20-2)10-7-13/h4-7,9-10,12H,3,8,11H2,1-2H3. The van der Waals surface area contributed by atoms with Crippen molar-refractivity contribution in [2.75, 3.05) is 7.11 Å². The highest BCUT2D eigenvalue weighted by molar-refractivity contribution is 5.95. The highest BCUT2D eigenvalue weighted by Crippen LogP contribution is 2.15. The molecule has 2 aromatic rings. The van der Waals surface area contributed by atoms with Crippen LogP contribution in [0.4, 0.5) is 0 Å². The van der Waals surface area contributed by atoms with Gasteiger partial charge in [0.15, 0.2) is 5.78 Å². The van der Waals surface area contributed by atoms with Crippen LogP contribution in [0.2, 0.25) is 0 Å². The summed E-state index contributed by atoms with van der Waals surface area (Å²) in [4.78, 5) is 16.5. The van der Waals surface area contributed by atoms with E-state index in [1.165, 1.54) is 0 Å². The molecule has 3 heteroatoms. The van der Waals surface area contributed by atoms with Crippen molar-refractivity contribution >= 4 is 5.78 Å². The minimum absolute atomic E-state index is 0.110. The van der Waals surface area contributed by atoms with Crippen LogP contribution in [0.25, 0.3) is 0 Å². The van der Waals surface area contributed by atoms with Crippen molar-refractivity contribution in [1.82, 2.24) is 4.98 Å². The third-order valence-corrected chi connectivity index (χ3v) is 3.34. The van der Waals surface area contributed by atoms with E-state index in [0.29, 0.717) is 12.1 Å². The van der Waals surface area contributed by atoms with E-state index in [4.69, 9.17) is 4.74 Å². The summed E-state index contributed by atoms with van der Waals surface area (Å²) in [5.74, 6) is 0.941. The maximum absolute atomic E-state index is 12.2. The van der Waals surface area contributed by atoms with Crippen LogP contribution in [-0.4, -0.2) is 17.9 Å². The summed E-state index contributed by atoms with van der Waals surface area (Å²) in [5.41, 5.74) is 2.77. The fraction of sp³-hybridized carbons (Fsp3) is 0.294. The van der Waals surface area contributed by atoms with Gasteiger partial charge in [0.1, 0.15) is 11.4 Å². The number of pyridine rings is 1. The van der Waals surface area contributed by atoms with Gasteiger partial charge in [0.2, 0.25) is 0 Å². The van der Waals surface area contributed by atoms with Crippen LogP contribution in [0.1, 0.15) is 35.0 Å². The number of aromatic nitrogens is 1. The monoisotopic (exact) mass is 269 g/mol. The quantitative estimate of drug-likeness (QED) is 0.754. The average Bonchev–Trinajstić information content (AvgIpc) is 2.53. The molecule has 20 heavy (non-hydrogen) atoms. The molecule has 0 aliphatic rings. The second kappa shape index (κ2) is 6.85. The zero-order chi connectivity index (χ0) is 14.4. The summed E-state index contributed by atoms with van der Waals surface area (Å²) in [7, 11) is 1.64. The number of nitrogens with zero attached hydrogens (tertiary/aromatic N) is 1. The first-order valence-corrected chi connectivity index (χ1v) is 6.84. The van der Waals surface area contributed by atoms with Gasteiger partial charge in [-0.15, -0.1) is 0 Å². The molecular weight excluding hydrogens is 250 g/mol. The molecule has 0 fully saturated rings. The van der Waals surface area contributed by atoms with E-state index in [1.54, 1.807) is 13.3 Å². The zero-order valence-corrected chi connectivity index (χ0v) is 11.9. The summed E-state index contributed by atoms with van der Waals surface area (Å²) in [6.45, 7) is 2.04. The third-order valence-electron chi connectivity index (χ3n) is 3.34. The smallest absolute Gasteiger partial charge is 0.181 e. The molecule has 0 spiro atoms. The van der Waals surface area contributed by atoms with E-state index in [0.717, 1.165) is 29.7 Å². The first-order valence-electron chi connectivity index (χ1n) is 6.84. The van der Waals surface area contributed by atoms with Crippen molar-refractivity contribution in [3.63, 3.8) is 0 Å². The van der Waals surface area contributed by atoms with Gasteiger partial charge in [0.25, 0.3) is 0 Å². The maximum atomic E-state index is 12.2. The third kappa shape index (κ3) is 3.44. The number of benzene rings is 1. The fourth-order valence-electron chi connectivity index (χ4n) is 2.14. The van der Waals surface area contributed by atoms with Gasteiger partial charge in [-0.3, -0.25) is 9.78 Å². The Labute approximate surface area is 119 Å². The Morgan fingerprint density at radius 1 is 1.20 bits per heavy atom. The van der Waals surface area contributed by atoms with E-state index < -0.39 is 0 Å². The van der Waals surface area contributed by atoms with Crippen LogP contribution in [0.5, 0.6) is 5.75 Å². The number of hydrogen-bond donors (Lipinski definition) is 0. The SMILES string of the molecule is CCc1cccnc1C(=O)CCc1ccc(OC)cc1. The maximum Gasteiger partial charge on any atom is 0.181 e. The lowest BCUT2D eigenvalue weighted by molar-refractivity contribution is 0.0977. The predicted octanol–water partition coefficient (Wildman–Crippen LogP) is 3.47. The molecule has 0 saturated carbocycles. The number of methoxy groups -OCH3 is 1. The molecule has 0 aliphatic heterocycles. The van der Waals surface area contributed by atoms with Crippen LogP contribution < -0.4 is 4.74 Å². The molecule has 104 valence electrons. The number of rotatable bonds is 6. The minimum Gasteiger partial charge on any atom is -0.497 e. The van der Waals surface area contributed by atoms with Gasteiger partial charge in [-0.05, 0) is 42.2 Å².